The molecule has 0 saturated heterocycles. The molecule has 5 nitrogen and oxygen atoms in total. The van der Waals surface area contributed by atoms with Gasteiger partial charge in [0.25, 0.3) is 0 Å². The van der Waals surface area contributed by atoms with Crippen LogP contribution in [0.2, 0.25) is 0 Å². The van der Waals surface area contributed by atoms with Gasteiger partial charge in [-0.25, -0.2) is 9.97 Å². The van der Waals surface area contributed by atoms with Crippen LogP contribution in [-0.2, 0) is 0 Å². The second-order valence-corrected chi connectivity index (χ2v) is 6.43. The maximum absolute atomic E-state index is 4.49. The predicted molar refractivity (Wildman–Crippen MR) is 91.1 cm³/mol. The zero-order valence-corrected chi connectivity index (χ0v) is 14.6. The van der Waals surface area contributed by atoms with Crippen molar-refractivity contribution in [1.29, 1.82) is 0 Å². The van der Waals surface area contributed by atoms with E-state index in [2.05, 4.69) is 74.2 Å². The quantitative estimate of drug-likeness (QED) is 0.771. The Bertz CT molecular complexity index is 429. The van der Waals surface area contributed by atoms with E-state index in [9.17, 15) is 0 Å². The second kappa shape index (κ2) is 8.17. The first-order chi connectivity index (χ1) is 9.86. The minimum atomic E-state index is 0.363. The normalized spacial score (nSPS) is 13.0. The van der Waals surface area contributed by atoms with E-state index in [1.807, 2.05) is 0 Å². The Hall–Kier alpha value is -1.36. The Labute approximate surface area is 129 Å². The van der Waals surface area contributed by atoms with Crippen LogP contribution in [0.25, 0.3) is 0 Å². The molecule has 1 unspecified atom stereocenters. The average Bonchev–Trinajstić information content (AvgIpc) is 2.37. The zero-order valence-electron chi connectivity index (χ0n) is 14.6. The highest BCUT2D eigenvalue weighted by molar-refractivity contribution is 5.59. The van der Waals surface area contributed by atoms with Crippen molar-refractivity contribution in [3.8, 4) is 0 Å². The fourth-order valence-corrected chi connectivity index (χ4v) is 2.36. The number of anilines is 2. The van der Waals surface area contributed by atoms with Gasteiger partial charge in [-0.1, -0.05) is 27.7 Å². The maximum atomic E-state index is 4.49. The summed E-state index contributed by atoms with van der Waals surface area (Å²) in [4.78, 5) is 11.1. The van der Waals surface area contributed by atoms with Crippen molar-refractivity contribution in [2.75, 3.05) is 37.8 Å². The first-order valence-corrected chi connectivity index (χ1v) is 7.86. The highest BCUT2D eigenvalue weighted by atomic mass is 15.1. The Kier molecular flexibility index (Phi) is 6.89. The summed E-state index contributed by atoms with van der Waals surface area (Å²) in [5, 5.41) is 6.97. The molecule has 0 radical (unpaired) electrons. The van der Waals surface area contributed by atoms with Crippen LogP contribution in [0.1, 0.15) is 46.1 Å². The molecule has 0 aliphatic rings. The smallest absolute Gasteiger partial charge is 0.135 e. The van der Waals surface area contributed by atoms with Crippen LogP contribution >= 0.6 is 0 Å². The van der Waals surface area contributed by atoms with Gasteiger partial charge in [0.1, 0.15) is 18.0 Å². The predicted octanol–water partition coefficient (Wildman–Crippen LogP) is 3.03. The largest absolute Gasteiger partial charge is 0.370 e. The van der Waals surface area contributed by atoms with Crippen LogP contribution in [-0.4, -0.2) is 48.1 Å². The number of nitrogens with one attached hydrogen (secondary N) is 2. The fraction of sp³-hybridized carbons (Fsp3) is 0.750. The van der Waals surface area contributed by atoms with Crippen LogP contribution in [0.4, 0.5) is 11.6 Å². The minimum absolute atomic E-state index is 0.363. The van der Waals surface area contributed by atoms with E-state index in [1.165, 1.54) is 5.56 Å². The second-order valence-electron chi connectivity index (χ2n) is 6.43. The van der Waals surface area contributed by atoms with Gasteiger partial charge in [-0.2, -0.15) is 0 Å². The van der Waals surface area contributed by atoms with Crippen LogP contribution in [0.3, 0.4) is 0 Å². The Morgan fingerprint density at radius 3 is 2.19 bits per heavy atom. The number of hydrogen-bond acceptors (Lipinski definition) is 5. The summed E-state index contributed by atoms with van der Waals surface area (Å²) in [5.41, 5.74) is 1.17. The minimum Gasteiger partial charge on any atom is -0.370 e. The molecule has 1 aromatic heterocycles. The van der Waals surface area contributed by atoms with Crippen molar-refractivity contribution in [3.63, 3.8) is 0 Å². The van der Waals surface area contributed by atoms with E-state index in [-0.39, 0.29) is 0 Å². The third-order valence-corrected chi connectivity index (χ3v) is 3.49. The summed E-state index contributed by atoms with van der Waals surface area (Å²) in [6, 6.07) is 0.363. The first kappa shape index (κ1) is 17.7. The Morgan fingerprint density at radius 1 is 1.10 bits per heavy atom. The first-order valence-electron chi connectivity index (χ1n) is 7.86. The lowest BCUT2D eigenvalue weighted by Gasteiger charge is -2.28. The summed E-state index contributed by atoms with van der Waals surface area (Å²) in [6.45, 7) is 12.8. The lowest BCUT2D eigenvalue weighted by Crippen LogP contribution is -2.37. The van der Waals surface area contributed by atoms with Crippen molar-refractivity contribution >= 4 is 11.6 Å². The van der Waals surface area contributed by atoms with Gasteiger partial charge in [0.05, 0.1) is 0 Å². The molecule has 120 valence electrons. The molecule has 21 heavy (non-hydrogen) atoms. The molecule has 0 spiro atoms. The van der Waals surface area contributed by atoms with Crippen molar-refractivity contribution < 1.29 is 0 Å². The summed E-state index contributed by atoms with van der Waals surface area (Å²) in [5.74, 6) is 2.80. The molecule has 1 atom stereocenters. The Balaban J connectivity index is 3.07. The van der Waals surface area contributed by atoms with Gasteiger partial charge in [-0.3, -0.25) is 0 Å². The van der Waals surface area contributed by atoms with Gasteiger partial charge in [0.2, 0.25) is 0 Å². The van der Waals surface area contributed by atoms with E-state index in [0.29, 0.717) is 17.9 Å². The summed E-state index contributed by atoms with van der Waals surface area (Å²) in [6.07, 6.45) is 1.64. The van der Waals surface area contributed by atoms with Crippen molar-refractivity contribution in [2.45, 2.75) is 46.6 Å². The van der Waals surface area contributed by atoms with Gasteiger partial charge in [-0.15, -0.1) is 0 Å². The number of likely N-dealkylation sites (N-methyl/N-ethyl adjacent to an activating group) is 1. The monoisotopic (exact) mass is 293 g/mol. The van der Waals surface area contributed by atoms with Gasteiger partial charge in [0, 0.05) is 24.7 Å². The number of hydrogen-bond donors (Lipinski definition) is 2. The SMILES string of the molecule is CCNc1ncnc(NC(CN(C)C)C(C)C)c1C(C)C. The summed E-state index contributed by atoms with van der Waals surface area (Å²) >= 11 is 0. The molecule has 1 heterocycles. The molecule has 1 rings (SSSR count). The maximum Gasteiger partial charge on any atom is 0.135 e. The van der Waals surface area contributed by atoms with E-state index in [0.717, 1.165) is 24.7 Å². The average molecular weight is 293 g/mol. The number of rotatable bonds is 8. The van der Waals surface area contributed by atoms with E-state index in [1.54, 1.807) is 6.33 Å². The molecular formula is C16H31N5. The molecule has 0 aliphatic carbocycles. The molecule has 1 aromatic rings. The number of aromatic nitrogens is 2. The van der Waals surface area contributed by atoms with Gasteiger partial charge < -0.3 is 15.5 Å². The van der Waals surface area contributed by atoms with E-state index >= 15 is 0 Å². The van der Waals surface area contributed by atoms with Gasteiger partial charge >= 0.3 is 0 Å². The molecule has 0 bridgehead atoms. The molecule has 5 heteroatoms. The highest BCUT2D eigenvalue weighted by Gasteiger charge is 2.20. The standard InChI is InChI=1S/C16H31N5/c1-8-17-15-14(12(4)5)16(19-10-18-15)20-13(11(2)3)9-21(6)7/h10-13H,8-9H2,1-7H3,(H2,17,18,19,20). The number of nitrogens with zero attached hydrogens (tertiary/aromatic N) is 3. The fourth-order valence-electron chi connectivity index (χ4n) is 2.36. The lowest BCUT2D eigenvalue weighted by molar-refractivity contribution is 0.344. The van der Waals surface area contributed by atoms with Gasteiger partial charge in [-0.05, 0) is 32.9 Å². The summed E-state index contributed by atoms with van der Waals surface area (Å²) in [7, 11) is 4.20. The molecular weight excluding hydrogens is 262 g/mol. The third kappa shape index (κ3) is 5.16. The van der Waals surface area contributed by atoms with Crippen LogP contribution in [0, 0.1) is 5.92 Å². The van der Waals surface area contributed by atoms with E-state index in [4.69, 9.17) is 0 Å². The third-order valence-electron chi connectivity index (χ3n) is 3.49. The van der Waals surface area contributed by atoms with Gasteiger partial charge in [0.15, 0.2) is 0 Å². The highest BCUT2D eigenvalue weighted by Crippen LogP contribution is 2.29. The molecule has 0 fully saturated rings. The molecule has 0 amide bonds. The lowest BCUT2D eigenvalue weighted by atomic mass is 10.0. The van der Waals surface area contributed by atoms with Crippen LogP contribution in [0.15, 0.2) is 6.33 Å². The van der Waals surface area contributed by atoms with Crippen molar-refractivity contribution in [3.05, 3.63) is 11.9 Å². The topological polar surface area (TPSA) is 53.1 Å². The van der Waals surface area contributed by atoms with Crippen molar-refractivity contribution in [1.82, 2.24) is 14.9 Å². The van der Waals surface area contributed by atoms with Crippen molar-refractivity contribution in [2.24, 2.45) is 5.92 Å². The summed E-state index contributed by atoms with van der Waals surface area (Å²) < 4.78 is 0. The van der Waals surface area contributed by atoms with Crippen LogP contribution < -0.4 is 10.6 Å². The zero-order chi connectivity index (χ0) is 16.0. The van der Waals surface area contributed by atoms with Crippen LogP contribution in [0.5, 0.6) is 0 Å². The molecule has 0 aromatic carbocycles. The molecule has 0 saturated carbocycles. The molecule has 2 N–H and O–H groups in total. The molecule has 0 aliphatic heterocycles. The Morgan fingerprint density at radius 2 is 1.71 bits per heavy atom. The van der Waals surface area contributed by atoms with E-state index < -0.39 is 0 Å².